The van der Waals surface area contributed by atoms with Crippen molar-refractivity contribution in [2.75, 3.05) is 11.4 Å². The summed E-state index contributed by atoms with van der Waals surface area (Å²) < 4.78 is 12.8. The molecule has 1 atom stereocenters. The molecule has 2 heterocycles. The standard InChI is InChI=1S/C39H36N2O4/c1-37(2,27-14-18-29(42)19-15-27)28-16-20-30(21-17-28)44-35(43)23-24-41-33-12-8-7-11-32(33)38(3,4)39(41)25-40-36-31-10-6-5-9-26(31)13-22-34(36)45-39/h5-22,25,42H,23-24H2,1-4H3. The minimum absolute atomic E-state index is 0.161. The number of fused-ring (bicyclic) bond motifs is 4. The van der Waals surface area contributed by atoms with Crippen molar-refractivity contribution in [2.24, 2.45) is 4.99 Å². The molecule has 0 fully saturated rings. The highest BCUT2D eigenvalue weighted by Crippen LogP contribution is 2.54. The van der Waals surface area contributed by atoms with Crippen LogP contribution >= 0.6 is 0 Å². The number of aromatic hydroxyl groups is 1. The van der Waals surface area contributed by atoms with E-state index in [-0.39, 0.29) is 23.6 Å². The van der Waals surface area contributed by atoms with Gasteiger partial charge in [0.25, 0.3) is 0 Å². The molecule has 2 aliphatic heterocycles. The van der Waals surface area contributed by atoms with E-state index in [0.717, 1.165) is 44.6 Å². The van der Waals surface area contributed by atoms with Crippen LogP contribution in [0.3, 0.4) is 0 Å². The van der Waals surface area contributed by atoms with Crippen LogP contribution in [-0.4, -0.2) is 29.6 Å². The van der Waals surface area contributed by atoms with Crippen LogP contribution < -0.4 is 14.4 Å². The molecule has 0 bridgehead atoms. The monoisotopic (exact) mass is 596 g/mol. The normalized spacial score (nSPS) is 18.0. The van der Waals surface area contributed by atoms with Gasteiger partial charge in [-0.3, -0.25) is 9.79 Å². The molecule has 0 radical (unpaired) electrons. The molecule has 6 nitrogen and oxygen atoms in total. The molecule has 0 saturated heterocycles. The Hall–Kier alpha value is -5.10. The van der Waals surface area contributed by atoms with Crippen LogP contribution in [0.2, 0.25) is 0 Å². The van der Waals surface area contributed by atoms with Crippen LogP contribution in [0.15, 0.2) is 114 Å². The van der Waals surface area contributed by atoms with Gasteiger partial charge in [0.1, 0.15) is 22.9 Å². The molecule has 0 aliphatic carbocycles. The molecule has 2 aliphatic rings. The van der Waals surface area contributed by atoms with Crippen LogP contribution in [0.5, 0.6) is 17.2 Å². The molecule has 5 aromatic rings. The summed E-state index contributed by atoms with van der Waals surface area (Å²) in [7, 11) is 0. The van der Waals surface area contributed by atoms with E-state index >= 15 is 0 Å². The second kappa shape index (κ2) is 10.5. The summed E-state index contributed by atoms with van der Waals surface area (Å²) >= 11 is 0. The van der Waals surface area contributed by atoms with Gasteiger partial charge in [0.2, 0.25) is 5.72 Å². The van der Waals surface area contributed by atoms with E-state index in [4.69, 9.17) is 14.5 Å². The fourth-order valence-corrected chi connectivity index (χ4v) is 6.81. The zero-order valence-corrected chi connectivity index (χ0v) is 26.0. The van der Waals surface area contributed by atoms with Crippen molar-refractivity contribution in [3.63, 3.8) is 0 Å². The quantitative estimate of drug-likeness (QED) is 0.157. The molecule has 0 saturated carbocycles. The van der Waals surface area contributed by atoms with Gasteiger partial charge < -0.3 is 19.5 Å². The highest BCUT2D eigenvalue weighted by Gasteiger charge is 2.59. The van der Waals surface area contributed by atoms with Crippen LogP contribution in [0.4, 0.5) is 11.4 Å². The number of esters is 1. The number of rotatable bonds is 6. The number of phenols is 1. The Bertz CT molecular complexity index is 1940. The lowest BCUT2D eigenvalue weighted by atomic mass is 9.77. The zero-order valence-electron chi connectivity index (χ0n) is 26.0. The summed E-state index contributed by atoms with van der Waals surface area (Å²) in [5.74, 6) is 1.14. The number of para-hydroxylation sites is 1. The van der Waals surface area contributed by atoms with Gasteiger partial charge in [0.15, 0.2) is 0 Å². The van der Waals surface area contributed by atoms with Gasteiger partial charge in [-0.1, -0.05) is 86.6 Å². The van der Waals surface area contributed by atoms with Crippen LogP contribution in [-0.2, 0) is 15.6 Å². The predicted molar refractivity (Wildman–Crippen MR) is 179 cm³/mol. The van der Waals surface area contributed by atoms with Gasteiger partial charge in [-0.15, -0.1) is 0 Å². The number of carbonyl (C=O) groups excluding carboxylic acids is 1. The van der Waals surface area contributed by atoms with Gasteiger partial charge in [0, 0.05) is 23.0 Å². The minimum atomic E-state index is -0.923. The van der Waals surface area contributed by atoms with Crippen molar-refractivity contribution in [3.05, 3.63) is 126 Å². The molecule has 1 unspecified atom stereocenters. The van der Waals surface area contributed by atoms with Gasteiger partial charge in [0.05, 0.1) is 18.1 Å². The van der Waals surface area contributed by atoms with Crippen molar-refractivity contribution < 1.29 is 19.4 Å². The van der Waals surface area contributed by atoms with E-state index in [1.54, 1.807) is 12.1 Å². The van der Waals surface area contributed by atoms with Crippen molar-refractivity contribution in [3.8, 4) is 17.2 Å². The van der Waals surface area contributed by atoms with Crippen LogP contribution in [0, 0.1) is 0 Å². The first-order valence-electron chi connectivity index (χ1n) is 15.3. The highest BCUT2D eigenvalue weighted by atomic mass is 16.5. The van der Waals surface area contributed by atoms with Gasteiger partial charge in [-0.05, 0) is 72.3 Å². The smallest absolute Gasteiger partial charge is 0.312 e. The number of hydrogen-bond donors (Lipinski definition) is 1. The Morgan fingerprint density at radius 1 is 0.867 bits per heavy atom. The summed E-state index contributed by atoms with van der Waals surface area (Å²) in [4.78, 5) is 20.4. The SMILES string of the molecule is CC(C)(c1ccc(O)cc1)c1ccc(OC(=O)CCN2c3ccccc3C(C)(C)C23C=Nc2c(ccc4ccccc24)O3)cc1. The van der Waals surface area contributed by atoms with E-state index in [2.05, 4.69) is 62.9 Å². The van der Waals surface area contributed by atoms with Gasteiger partial charge in [-0.25, -0.2) is 0 Å². The first-order chi connectivity index (χ1) is 21.6. The van der Waals surface area contributed by atoms with E-state index in [1.807, 2.05) is 72.9 Å². The molecule has 5 aromatic carbocycles. The van der Waals surface area contributed by atoms with Crippen molar-refractivity contribution in [2.45, 2.75) is 50.7 Å². The Labute approximate surface area is 263 Å². The molecule has 45 heavy (non-hydrogen) atoms. The molecular formula is C39H36N2O4. The molecule has 0 aromatic heterocycles. The maximum absolute atomic E-state index is 13.2. The van der Waals surface area contributed by atoms with Gasteiger partial charge in [-0.2, -0.15) is 0 Å². The van der Waals surface area contributed by atoms with E-state index in [9.17, 15) is 9.90 Å². The molecule has 1 N–H and O–H groups in total. The number of phenolic OH excluding ortho intramolecular Hbond substituents is 1. The third-order valence-electron chi connectivity index (χ3n) is 9.60. The lowest BCUT2D eigenvalue weighted by Crippen LogP contribution is -2.62. The summed E-state index contributed by atoms with van der Waals surface area (Å²) in [6.07, 6.45) is 2.08. The third kappa shape index (κ3) is 4.63. The lowest BCUT2D eigenvalue weighted by Gasteiger charge is -2.46. The first-order valence-corrected chi connectivity index (χ1v) is 15.3. The van der Waals surface area contributed by atoms with Gasteiger partial charge >= 0.3 is 5.97 Å². The number of aliphatic imine (C=N–C) groups is 1. The molecule has 226 valence electrons. The Kier molecular flexibility index (Phi) is 6.70. The number of anilines is 1. The highest BCUT2D eigenvalue weighted by molar-refractivity contribution is 6.00. The number of ether oxygens (including phenoxy) is 2. The van der Waals surface area contributed by atoms with Crippen LogP contribution in [0.1, 0.15) is 50.8 Å². The first kappa shape index (κ1) is 28.7. The second-order valence-corrected chi connectivity index (χ2v) is 12.9. The zero-order chi connectivity index (χ0) is 31.4. The maximum atomic E-state index is 13.2. The van der Waals surface area contributed by atoms with E-state index < -0.39 is 11.1 Å². The third-order valence-corrected chi connectivity index (χ3v) is 9.60. The summed E-state index contributed by atoms with van der Waals surface area (Å²) in [5, 5.41) is 11.8. The Morgan fingerprint density at radius 2 is 1.53 bits per heavy atom. The van der Waals surface area contributed by atoms with E-state index in [1.165, 1.54) is 0 Å². The number of carbonyl (C=O) groups is 1. The van der Waals surface area contributed by atoms with E-state index in [0.29, 0.717) is 12.3 Å². The summed E-state index contributed by atoms with van der Waals surface area (Å²) in [6, 6.07) is 35.4. The lowest BCUT2D eigenvalue weighted by molar-refractivity contribution is -0.134. The summed E-state index contributed by atoms with van der Waals surface area (Å²) in [6.45, 7) is 8.99. The van der Waals surface area contributed by atoms with Crippen molar-refractivity contribution in [1.82, 2.24) is 0 Å². The topological polar surface area (TPSA) is 71.4 Å². The largest absolute Gasteiger partial charge is 0.508 e. The molecular weight excluding hydrogens is 560 g/mol. The molecule has 6 heteroatoms. The fraction of sp³-hybridized carbons (Fsp3) is 0.231. The number of nitrogens with zero attached hydrogens (tertiary/aromatic N) is 2. The number of benzene rings is 5. The summed E-state index contributed by atoms with van der Waals surface area (Å²) in [5.41, 5.74) is 3.47. The van der Waals surface area contributed by atoms with Crippen molar-refractivity contribution >= 4 is 34.3 Å². The minimum Gasteiger partial charge on any atom is -0.508 e. The van der Waals surface area contributed by atoms with Crippen molar-refractivity contribution in [1.29, 1.82) is 0 Å². The average Bonchev–Trinajstić information content (AvgIpc) is 3.22. The second-order valence-electron chi connectivity index (χ2n) is 12.9. The molecule has 7 rings (SSSR count). The van der Waals surface area contributed by atoms with Crippen LogP contribution in [0.25, 0.3) is 10.8 Å². The fourth-order valence-electron chi connectivity index (χ4n) is 6.81. The predicted octanol–water partition coefficient (Wildman–Crippen LogP) is 8.46. The Balaban J connectivity index is 1.12. The maximum Gasteiger partial charge on any atom is 0.312 e. The molecule has 1 spiro atoms. The Morgan fingerprint density at radius 3 is 2.29 bits per heavy atom. The molecule has 0 amide bonds. The average molecular weight is 597 g/mol. The number of hydrogen-bond acceptors (Lipinski definition) is 6.